The van der Waals surface area contributed by atoms with E-state index in [0.717, 1.165) is 36.3 Å². The van der Waals surface area contributed by atoms with Gasteiger partial charge in [0.25, 0.3) is 0 Å². The van der Waals surface area contributed by atoms with Gasteiger partial charge in [-0.2, -0.15) is 4.98 Å². The highest BCUT2D eigenvalue weighted by molar-refractivity contribution is 6.31. The molecule has 5 rings (SSSR count). The normalized spacial score (nSPS) is 11.6. The molecule has 0 radical (unpaired) electrons. The number of aromatic amines is 2. The minimum Gasteiger partial charge on any atom is -0.377 e. The summed E-state index contributed by atoms with van der Waals surface area (Å²) >= 11 is 6.21. The maximum Gasteiger partial charge on any atom is 0.354 e. The Kier molecular flexibility index (Phi) is 12.3. The Hall–Kier alpha value is -4.72. The van der Waals surface area contributed by atoms with Crippen molar-refractivity contribution in [3.05, 3.63) is 93.5 Å². The van der Waals surface area contributed by atoms with Crippen LogP contribution < -0.4 is 28.2 Å². The van der Waals surface area contributed by atoms with E-state index in [0.29, 0.717) is 54.2 Å². The second-order valence-corrected chi connectivity index (χ2v) is 11.2. The van der Waals surface area contributed by atoms with Crippen LogP contribution in [-0.2, 0) is 17.8 Å². The monoisotopic (exact) mass is 650 g/mol. The van der Waals surface area contributed by atoms with Crippen molar-refractivity contribution in [3.63, 3.8) is 0 Å². The number of fused-ring (bicyclic) bond motifs is 1. The van der Waals surface area contributed by atoms with Crippen LogP contribution in [0, 0.1) is 5.82 Å². The second kappa shape index (κ2) is 16.5. The van der Waals surface area contributed by atoms with E-state index in [1.165, 1.54) is 4.57 Å². The number of rotatable bonds is 13. The Bertz CT molecular complexity index is 1780. The van der Waals surface area contributed by atoms with E-state index in [2.05, 4.69) is 30.2 Å². The first-order valence-corrected chi connectivity index (χ1v) is 15.3. The third-order valence-electron chi connectivity index (χ3n) is 6.97. The molecule has 3 heterocycles. The van der Waals surface area contributed by atoms with Crippen molar-refractivity contribution in [1.82, 2.24) is 24.5 Å². The number of aryl methyl sites for hydroxylation is 1. The van der Waals surface area contributed by atoms with E-state index in [1.54, 1.807) is 36.8 Å². The van der Waals surface area contributed by atoms with Crippen molar-refractivity contribution < 1.29 is 9.13 Å². The van der Waals surface area contributed by atoms with Crippen molar-refractivity contribution in [2.75, 3.05) is 25.5 Å². The summed E-state index contributed by atoms with van der Waals surface area (Å²) in [5, 5.41) is 3.55. The van der Waals surface area contributed by atoms with Gasteiger partial charge in [0.05, 0.1) is 23.0 Å². The van der Waals surface area contributed by atoms with E-state index in [9.17, 15) is 4.79 Å². The standard InChI is InChI=1S/C28H33ClFN7O2.C4H7N3/c1-17(31)4-2-5-19-12-22(25(30)23(29)13-19)24-14-20-15-37(28(38)36-26(20)35-24)21-8-6-18(7-9-21)16-39-11-3-10-34-27(32)33;1-5-4-6-2-3-7-4/h6-9,12-15,17H,2-5,10-11,16,31H2,1H3,(H4,32,33,34)(H,35,36,38);2-3H,1H3,(H2,5,6,7). The summed E-state index contributed by atoms with van der Waals surface area (Å²) in [6.45, 7) is 3.42. The van der Waals surface area contributed by atoms with Crippen molar-refractivity contribution in [2.24, 2.45) is 22.2 Å². The SMILES string of the molecule is CC(N)CCCc1cc(Cl)c(F)c(-c2cc3cn(-c4ccc(COCCCN=C(N)N)cc4)c(=O)nc3[nH]2)c1.CNc1ncc[nH]1. The summed E-state index contributed by atoms with van der Waals surface area (Å²) in [5.74, 6) is 0.349. The van der Waals surface area contributed by atoms with Gasteiger partial charge in [0.2, 0.25) is 0 Å². The number of nitrogens with one attached hydrogen (secondary N) is 3. The predicted molar refractivity (Wildman–Crippen MR) is 182 cm³/mol. The predicted octanol–water partition coefficient (Wildman–Crippen LogP) is 4.47. The van der Waals surface area contributed by atoms with E-state index in [1.807, 2.05) is 38.2 Å². The van der Waals surface area contributed by atoms with Crippen LogP contribution in [0.25, 0.3) is 28.0 Å². The first-order valence-electron chi connectivity index (χ1n) is 14.9. The average Bonchev–Trinajstić information content (AvgIpc) is 3.70. The summed E-state index contributed by atoms with van der Waals surface area (Å²) < 4.78 is 22.1. The molecule has 0 aliphatic carbocycles. The number of halogens is 2. The summed E-state index contributed by atoms with van der Waals surface area (Å²) in [6, 6.07) is 12.7. The van der Waals surface area contributed by atoms with E-state index in [4.69, 9.17) is 33.5 Å². The highest BCUT2D eigenvalue weighted by Gasteiger charge is 2.15. The number of nitrogens with two attached hydrogens (primary N) is 3. The van der Waals surface area contributed by atoms with E-state index >= 15 is 4.39 Å². The van der Waals surface area contributed by atoms with Gasteiger partial charge < -0.3 is 37.2 Å². The van der Waals surface area contributed by atoms with Gasteiger partial charge in [0, 0.05) is 55.8 Å². The smallest absolute Gasteiger partial charge is 0.354 e. The van der Waals surface area contributed by atoms with E-state index < -0.39 is 11.5 Å². The largest absolute Gasteiger partial charge is 0.377 e. The van der Waals surface area contributed by atoms with E-state index in [-0.39, 0.29) is 17.0 Å². The summed E-state index contributed by atoms with van der Waals surface area (Å²) in [4.78, 5) is 30.7. The molecule has 9 N–H and O–H groups in total. The molecule has 1 atom stereocenters. The van der Waals surface area contributed by atoms with Crippen LogP contribution >= 0.6 is 11.6 Å². The van der Waals surface area contributed by atoms with Crippen LogP contribution in [0.3, 0.4) is 0 Å². The number of anilines is 1. The molecule has 5 aromatic rings. The minimum absolute atomic E-state index is 0.0484. The Morgan fingerprint density at radius 2 is 1.96 bits per heavy atom. The topological polar surface area (TPSA) is 191 Å². The van der Waals surface area contributed by atoms with Gasteiger partial charge in [-0.1, -0.05) is 23.7 Å². The van der Waals surface area contributed by atoms with Gasteiger partial charge in [-0.3, -0.25) is 9.56 Å². The molecule has 46 heavy (non-hydrogen) atoms. The zero-order valence-electron chi connectivity index (χ0n) is 25.9. The molecule has 244 valence electrons. The van der Waals surface area contributed by atoms with Gasteiger partial charge in [-0.15, -0.1) is 0 Å². The Morgan fingerprint density at radius 1 is 1.17 bits per heavy atom. The molecule has 0 aliphatic heterocycles. The molecule has 0 bridgehead atoms. The molecule has 14 heteroatoms. The molecule has 1 unspecified atom stereocenters. The molecule has 0 spiro atoms. The maximum atomic E-state index is 15.0. The van der Waals surface area contributed by atoms with Crippen LogP contribution in [0.15, 0.2) is 70.8 Å². The first-order chi connectivity index (χ1) is 22.1. The summed E-state index contributed by atoms with van der Waals surface area (Å²) in [5.41, 5.74) is 19.7. The Labute approximate surface area is 271 Å². The Balaban J connectivity index is 0.000000606. The lowest BCUT2D eigenvalue weighted by atomic mass is 10.0. The lowest BCUT2D eigenvalue weighted by molar-refractivity contribution is 0.120. The van der Waals surface area contributed by atoms with Crippen LogP contribution in [0.5, 0.6) is 0 Å². The van der Waals surface area contributed by atoms with Gasteiger partial charge in [-0.05, 0) is 74.1 Å². The fourth-order valence-corrected chi connectivity index (χ4v) is 4.90. The van der Waals surface area contributed by atoms with Gasteiger partial charge in [-0.25, -0.2) is 14.2 Å². The van der Waals surface area contributed by atoms with Crippen molar-refractivity contribution in [3.8, 4) is 16.9 Å². The fourth-order valence-electron chi connectivity index (χ4n) is 4.66. The number of guanidine groups is 1. The number of imidazole rings is 1. The number of hydrogen-bond donors (Lipinski definition) is 6. The molecule has 0 fully saturated rings. The minimum atomic E-state index is -0.525. The quantitative estimate of drug-likeness (QED) is 0.0610. The number of aromatic nitrogens is 5. The number of ether oxygens (including phenoxy) is 1. The summed E-state index contributed by atoms with van der Waals surface area (Å²) in [6.07, 6.45) is 8.34. The first kappa shape index (κ1) is 34.2. The molecule has 3 aromatic heterocycles. The molecular formula is C32H40ClFN10O2. The second-order valence-electron chi connectivity index (χ2n) is 10.8. The third kappa shape index (κ3) is 9.64. The van der Waals surface area contributed by atoms with Gasteiger partial charge >= 0.3 is 5.69 Å². The molecule has 0 amide bonds. The number of aliphatic imine (C=N–C) groups is 1. The van der Waals surface area contributed by atoms with Crippen LogP contribution in [0.4, 0.5) is 10.3 Å². The number of nitrogens with zero attached hydrogens (tertiary/aromatic N) is 4. The molecule has 0 aliphatic rings. The van der Waals surface area contributed by atoms with Crippen molar-refractivity contribution in [2.45, 2.75) is 45.3 Å². The number of benzene rings is 2. The number of hydrogen-bond acceptors (Lipinski definition) is 7. The fraction of sp³-hybridized carbons (Fsp3) is 0.312. The molecular weight excluding hydrogens is 611 g/mol. The molecule has 2 aromatic carbocycles. The lowest BCUT2D eigenvalue weighted by Crippen LogP contribution is -2.23. The molecule has 0 saturated carbocycles. The summed E-state index contributed by atoms with van der Waals surface area (Å²) in [7, 11) is 1.82. The Morgan fingerprint density at radius 3 is 2.61 bits per heavy atom. The highest BCUT2D eigenvalue weighted by atomic mass is 35.5. The van der Waals surface area contributed by atoms with Gasteiger partial charge in [0.1, 0.15) is 5.65 Å². The lowest BCUT2D eigenvalue weighted by Gasteiger charge is -2.09. The molecule has 0 saturated heterocycles. The van der Waals surface area contributed by atoms with Gasteiger partial charge in [0.15, 0.2) is 17.7 Å². The number of H-pyrrole nitrogens is 2. The van der Waals surface area contributed by atoms with Crippen molar-refractivity contribution in [1.29, 1.82) is 0 Å². The third-order valence-corrected chi connectivity index (χ3v) is 7.25. The van der Waals surface area contributed by atoms with Crippen LogP contribution in [0.2, 0.25) is 5.02 Å². The maximum absolute atomic E-state index is 15.0. The zero-order chi connectivity index (χ0) is 33.1. The van der Waals surface area contributed by atoms with Crippen LogP contribution in [-0.4, -0.2) is 56.7 Å². The van der Waals surface area contributed by atoms with Crippen molar-refractivity contribution >= 4 is 34.5 Å². The van der Waals surface area contributed by atoms with Crippen LogP contribution in [0.1, 0.15) is 37.3 Å². The highest BCUT2D eigenvalue weighted by Crippen LogP contribution is 2.31. The zero-order valence-corrected chi connectivity index (χ0v) is 26.6. The molecule has 12 nitrogen and oxygen atoms in total. The average molecular weight is 651 g/mol.